The van der Waals surface area contributed by atoms with Crippen LogP contribution in [0, 0.1) is 6.92 Å². The average Bonchev–Trinajstić information content (AvgIpc) is 2.94. The molecule has 3 aromatic heterocycles. The molecule has 0 spiro atoms. The Balaban J connectivity index is -0.000000122. The largest absolute Gasteiger partial charge is 1.00 e. The third-order valence-corrected chi connectivity index (χ3v) is 5.64. The summed E-state index contributed by atoms with van der Waals surface area (Å²) in [5.74, 6) is -7.70. The molecule has 0 aliphatic rings. The standard InChI is InChI=1S/C9H11F2NS.C8H8BrF2N.C8H9F2N.C2H6O.CCl4.CH4S.CH4.B.Na/c1-9(10,11)8-4-3-7(5-12-8)6-13-2;1-8(10,11)7-3-2-6(4-9)5-12-7;1-6-3-4-7(11-5-6)8(2,9)10;1-2-3;2-1(3,4)5;1-2;;;/h3-5H,6H2,1-2H3;2-3,5H,4H2,1H3;3-5H,1-2H3;3H,2H2,1H3;;2H,1H3;1H4;;/q;;;;;;;;+1/p-1. The van der Waals surface area contributed by atoms with Crippen LogP contribution in [0.5, 0.6) is 0 Å². The monoisotopic (exact) mass is 890 g/mol. The number of rotatable bonds is 6. The van der Waals surface area contributed by atoms with Crippen LogP contribution in [0.15, 0.2) is 55.0 Å². The van der Waals surface area contributed by atoms with E-state index in [4.69, 9.17) is 51.5 Å². The SMILES string of the molecule is C.CC(F)(F)c1ccc(CBr)cn1.CCO.CSCc1ccc(C(C)(F)F)nc1.C[S-].Cc1ccc(C(C)(F)F)nc1.ClC(Cl)(Cl)Cl.[B].[Na+]. The number of aryl methyl sites for hydroxylation is 1. The van der Waals surface area contributed by atoms with Crippen LogP contribution in [0.3, 0.4) is 0 Å². The van der Waals surface area contributed by atoms with E-state index in [2.05, 4.69) is 43.5 Å². The van der Waals surface area contributed by atoms with Gasteiger partial charge in [-0.15, -0.1) is 0 Å². The fraction of sp³-hybridized carbons (Fsp3) is 0.500. The van der Waals surface area contributed by atoms with Crippen molar-refractivity contribution in [2.45, 2.75) is 74.1 Å². The van der Waals surface area contributed by atoms with Gasteiger partial charge in [0, 0.05) is 65.5 Å². The summed E-state index contributed by atoms with van der Waals surface area (Å²) in [6, 6.07) is 9.02. The number of hydrogen-bond acceptors (Lipinski definition) is 6. The van der Waals surface area contributed by atoms with Gasteiger partial charge in [-0.3, -0.25) is 15.0 Å². The molecular formula is C30H41BBrCl4F6N3NaOS2. The minimum atomic E-state index is -2.84. The molecule has 0 saturated carbocycles. The number of pyridine rings is 3. The van der Waals surface area contributed by atoms with Gasteiger partial charge in [0.25, 0.3) is 21.0 Å². The van der Waals surface area contributed by atoms with Gasteiger partial charge in [-0.1, -0.05) is 88.0 Å². The van der Waals surface area contributed by atoms with Crippen molar-refractivity contribution in [2.24, 2.45) is 0 Å². The summed E-state index contributed by atoms with van der Waals surface area (Å²) in [5.41, 5.74) is 2.22. The molecule has 0 aromatic carbocycles. The van der Waals surface area contributed by atoms with Crippen molar-refractivity contribution >= 4 is 95.1 Å². The van der Waals surface area contributed by atoms with E-state index in [1.165, 1.54) is 36.8 Å². The molecule has 275 valence electrons. The van der Waals surface area contributed by atoms with Crippen molar-refractivity contribution in [1.29, 1.82) is 0 Å². The van der Waals surface area contributed by atoms with Crippen LogP contribution in [-0.4, -0.2) is 50.8 Å². The summed E-state index contributed by atoms with van der Waals surface area (Å²) < 4.78 is 74.1. The Bertz CT molecular complexity index is 1170. The zero-order valence-electron chi connectivity index (χ0n) is 27.7. The topological polar surface area (TPSA) is 58.9 Å². The number of aliphatic hydroxyl groups is 1. The minimum Gasteiger partial charge on any atom is -0.796 e. The molecule has 0 saturated heterocycles. The number of nitrogens with zero attached hydrogens (tertiary/aromatic N) is 3. The number of aliphatic hydroxyl groups excluding tert-OH is 1. The number of hydrogen-bond donors (Lipinski definition) is 1. The molecule has 0 amide bonds. The Labute approximate surface area is 350 Å². The van der Waals surface area contributed by atoms with E-state index in [1.54, 1.807) is 43.1 Å². The molecule has 0 aliphatic carbocycles. The van der Waals surface area contributed by atoms with E-state index < -0.39 is 21.0 Å². The molecule has 0 bridgehead atoms. The van der Waals surface area contributed by atoms with Crippen molar-refractivity contribution in [3.05, 3.63) is 88.8 Å². The van der Waals surface area contributed by atoms with Gasteiger partial charge in [0.2, 0.25) is 0 Å². The van der Waals surface area contributed by atoms with Gasteiger partial charge >= 0.3 is 29.6 Å². The maximum Gasteiger partial charge on any atom is 1.00 e. The number of aromatic nitrogens is 3. The van der Waals surface area contributed by atoms with Crippen LogP contribution in [0.4, 0.5) is 26.3 Å². The van der Waals surface area contributed by atoms with Gasteiger partial charge in [-0.2, -0.15) is 44.4 Å². The fourth-order valence-electron chi connectivity index (χ4n) is 2.43. The van der Waals surface area contributed by atoms with Crippen molar-refractivity contribution in [3.8, 4) is 0 Å². The number of thioether (sulfide) groups is 1. The summed E-state index contributed by atoms with van der Waals surface area (Å²) in [5, 5.41) is 8.20. The Morgan fingerprint density at radius 2 is 1.02 bits per heavy atom. The fourth-order valence-corrected chi connectivity index (χ4v) is 3.26. The molecule has 0 fully saturated rings. The van der Waals surface area contributed by atoms with Crippen LogP contribution in [0.2, 0.25) is 0 Å². The van der Waals surface area contributed by atoms with Gasteiger partial charge < -0.3 is 17.7 Å². The van der Waals surface area contributed by atoms with Crippen LogP contribution in [0.1, 0.15) is 68.9 Å². The average molecular weight is 893 g/mol. The summed E-state index contributed by atoms with van der Waals surface area (Å²) in [7, 11) is 0. The van der Waals surface area contributed by atoms with Crippen LogP contribution < -0.4 is 29.6 Å². The molecule has 3 heterocycles. The normalized spacial score (nSPS) is 10.3. The van der Waals surface area contributed by atoms with E-state index >= 15 is 0 Å². The predicted molar refractivity (Wildman–Crippen MR) is 201 cm³/mol. The molecule has 4 nitrogen and oxygen atoms in total. The predicted octanol–water partition coefficient (Wildman–Crippen LogP) is 8.62. The van der Waals surface area contributed by atoms with Crippen LogP contribution in [-0.2, 0) is 41.5 Å². The molecule has 3 rings (SSSR count). The van der Waals surface area contributed by atoms with Gasteiger partial charge in [-0.25, -0.2) is 0 Å². The summed E-state index contributed by atoms with van der Waals surface area (Å²) in [6.07, 6.45) is 7.93. The van der Waals surface area contributed by atoms with E-state index in [9.17, 15) is 26.3 Å². The molecule has 19 heteroatoms. The Kier molecular flexibility index (Phi) is 40.0. The van der Waals surface area contributed by atoms with Gasteiger partial charge in [0.1, 0.15) is 17.1 Å². The van der Waals surface area contributed by atoms with Crippen LogP contribution >= 0.6 is 74.1 Å². The maximum absolute atomic E-state index is 12.7. The van der Waals surface area contributed by atoms with E-state index in [0.717, 1.165) is 43.2 Å². The maximum atomic E-state index is 12.7. The van der Waals surface area contributed by atoms with Crippen molar-refractivity contribution in [3.63, 3.8) is 0 Å². The molecule has 3 aromatic rings. The van der Waals surface area contributed by atoms with Crippen molar-refractivity contribution in [2.75, 3.05) is 19.1 Å². The van der Waals surface area contributed by atoms with Gasteiger partial charge in [0.15, 0.2) is 0 Å². The molecule has 0 atom stereocenters. The third kappa shape index (κ3) is 36.5. The zero-order chi connectivity index (χ0) is 36.8. The Hall–Kier alpha value is 0.395. The first-order valence-electron chi connectivity index (χ1n) is 12.8. The number of halogens is 11. The molecule has 0 aliphatic heterocycles. The van der Waals surface area contributed by atoms with E-state index in [1.807, 2.05) is 13.2 Å². The summed E-state index contributed by atoms with van der Waals surface area (Å²) in [6.45, 7) is 6.27. The van der Waals surface area contributed by atoms with Crippen LogP contribution in [0.25, 0.3) is 0 Å². The second-order valence-corrected chi connectivity index (χ2v) is 13.7. The molecule has 0 unspecified atom stereocenters. The summed E-state index contributed by atoms with van der Waals surface area (Å²) in [4.78, 5) is 10.9. The molecular weight excluding hydrogens is 852 g/mol. The molecule has 3 radical (unpaired) electrons. The Morgan fingerprint density at radius 1 is 0.735 bits per heavy atom. The Morgan fingerprint density at radius 3 is 1.22 bits per heavy atom. The zero-order valence-corrected chi connectivity index (χ0v) is 35.9. The second-order valence-electron chi connectivity index (χ2n) is 8.80. The second kappa shape index (κ2) is 31.9. The first-order valence-corrected chi connectivity index (χ1v) is 17.6. The van der Waals surface area contributed by atoms with E-state index in [0.29, 0.717) is 5.33 Å². The first-order chi connectivity index (χ1) is 21.0. The quantitative estimate of drug-likeness (QED) is 0.116. The number of alkyl halides is 11. The van der Waals surface area contributed by atoms with Crippen molar-refractivity contribution < 1.29 is 61.0 Å². The van der Waals surface area contributed by atoms with Gasteiger partial charge in [0.05, 0.1) is 0 Å². The summed E-state index contributed by atoms with van der Waals surface area (Å²) >= 11 is 28.2. The van der Waals surface area contributed by atoms with Gasteiger partial charge in [-0.05, 0) is 55.0 Å². The first kappa shape index (κ1) is 61.4. The molecule has 1 N–H and O–H groups in total. The smallest absolute Gasteiger partial charge is 0.796 e. The minimum absolute atomic E-state index is 0. The third-order valence-electron chi connectivity index (χ3n) is 4.38. The van der Waals surface area contributed by atoms with E-state index in [-0.39, 0.29) is 69.1 Å². The van der Waals surface area contributed by atoms with Crippen molar-refractivity contribution in [1.82, 2.24) is 15.0 Å². The molecule has 49 heavy (non-hydrogen) atoms.